The molecule has 1 fully saturated rings. The average Bonchev–Trinajstić information content (AvgIpc) is 2.54. The van der Waals surface area contributed by atoms with E-state index in [2.05, 4.69) is 5.32 Å². The molecule has 5 heteroatoms. The first kappa shape index (κ1) is 13.5. The molecule has 4 nitrogen and oxygen atoms in total. The van der Waals surface area contributed by atoms with Crippen LogP contribution in [0.25, 0.3) is 0 Å². The molecular weight excluding hydrogens is 247 g/mol. The number of nitrogens with zero attached hydrogens (tertiary/aromatic N) is 1. The van der Waals surface area contributed by atoms with Crippen molar-refractivity contribution in [2.75, 3.05) is 13.6 Å². The summed E-state index contributed by atoms with van der Waals surface area (Å²) in [4.78, 5) is 25.6. The van der Waals surface area contributed by atoms with Crippen molar-refractivity contribution in [3.05, 3.63) is 35.6 Å². The van der Waals surface area contributed by atoms with Crippen LogP contribution in [0.1, 0.15) is 29.6 Å². The highest BCUT2D eigenvalue weighted by Gasteiger charge is 2.26. The predicted octanol–water partition coefficient (Wildman–Crippen LogP) is 1.57. The Labute approximate surface area is 111 Å². The van der Waals surface area contributed by atoms with Gasteiger partial charge in [0.25, 0.3) is 5.91 Å². The third kappa shape index (κ3) is 3.30. The molecule has 1 saturated heterocycles. The molecule has 1 aliphatic rings. The Bertz CT molecular complexity index is 490. The molecule has 1 aromatic carbocycles. The van der Waals surface area contributed by atoms with E-state index in [-0.39, 0.29) is 11.5 Å². The van der Waals surface area contributed by atoms with Crippen molar-refractivity contribution in [2.45, 2.75) is 25.3 Å². The fourth-order valence-electron chi connectivity index (χ4n) is 2.20. The van der Waals surface area contributed by atoms with Gasteiger partial charge in [-0.1, -0.05) is 6.07 Å². The van der Waals surface area contributed by atoms with Crippen molar-refractivity contribution in [3.8, 4) is 0 Å². The topological polar surface area (TPSA) is 49.4 Å². The molecule has 0 radical (unpaired) electrons. The third-order valence-electron chi connectivity index (χ3n) is 3.30. The van der Waals surface area contributed by atoms with E-state index in [4.69, 9.17) is 0 Å². The number of halogens is 1. The summed E-state index contributed by atoms with van der Waals surface area (Å²) in [5, 5.41) is 2.69. The van der Waals surface area contributed by atoms with Gasteiger partial charge in [-0.3, -0.25) is 9.59 Å². The largest absolute Gasteiger partial charge is 0.344 e. The number of carbonyl (C=O) groups is 2. The number of rotatable bonds is 2. The number of amides is 2. The van der Waals surface area contributed by atoms with E-state index < -0.39 is 17.8 Å². The maximum atomic E-state index is 13.1. The van der Waals surface area contributed by atoms with Gasteiger partial charge in [0.2, 0.25) is 5.91 Å². The van der Waals surface area contributed by atoms with Gasteiger partial charge in [-0.05, 0) is 37.5 Å². The summed E-state index contributed by atoms with van der Waals surface area (Å²) in [5.41, 5.74) is 0.236. The minimum absolute atomic E-state index is 0.0812. The van der Waals surface area contributed by atoms with E-state index in [9.17, 15) is 14.0 Å². The lowest BCUT2D eigenvalue weighted by Gasteiger charge is -2.20. The highest BCUT2D eigenvalue weighted by Crippen LogP contribution is 2.12. The van der Waals surface area contributed by atoms with Gasteiger partial charge >= 0.3 is 0 Å². The van der Waals surface area contributed by atoms with Gasteiger partial charge in [-0.15, -0.1) is 0 Å². The van der Waals surface area contributed by atoms with Crippen LogP contribution in [-0.2, 0) is 4.79 Å². The second-order valence-electron chi connectivity index (χ2n) is 4.79. The molecule has 0 aromatic heterocycles. The molecular formula is C14H17FN2O2. The Morgan fingerprint density at radius 3 is 2.95 bits per heavy atom. The Balaban J connectivity index is 2.07. The first-order valence-corrected chi connectivity index (χ1v) is 6.39. The zero-order valence-electron chi connectivity index (χ0n) is 10.9. The number of likely N-dealkylation sites (N-methyl/N-ethyl adjacent to an activating group) is 1. The van der Waals surface area contributed by atoms with E-state index in [0.29, 0.717) is 13.0 Å². The molecule has 1 unspecified atom stereocenters. The van der Waals surface area contributed by atoms with Gasteiger partial charge in [0, 0.05) is 19.2 Å². The Morgan fingerprint density at radius 2 is 2.21 bits per heavy atom. The van der Waals surface area contributed by atoms with Gasteiger partial charge in [-0.25, -0.2) is 4.39 Å². The van der Waals surface area contributed by atoms with Crippen LogP contribution < -0.4 is 5.32 Å². The van der Waals surface area contributed by atoms with Crippen molar-refractivity contribution in [2.24, 2.45) is 0 Å². The summed E-state index contributed by atoms with van der Waals surface area (Å²) >= 11 is 0. The molecule has 1 atom stereocenters. The Kier molecular flexibility index (Phi) is 4.14. The van der Waals surface area contributed by atoms with Crippen molar-refractivity contribution >= 4 is 11.8 Å². The van der Waals surface area contributed by atoms with Crippen LogP contribution in [0.5, 0.6) is 0 Å². The van der Waals surface area contributed by atoms with Crippen LogP contribution in [0.2, 0.25) is 0 Å². The first-order valence-electron chi connectivity index (χ1n) is 6.39. The summed E-state index contributed by atoms with van der Waals surface area (Å²) < 4.78 is 13.1. The van der Waals surface area contributed by atoms with E-state index in [1.165, 1.54) is 24.3 Å². The van der Waals surface area contributed by atoms with E-state index in [0.717, 1.165) is 12.8 Å². The van der Waals surface area contributed by atoms with Crippen molar-refractivity contribution in [3.63, 3.8) is 0 Å². The summed E-state index contributed by atoms with van der Waals surface area (Å²) in [7, 11) is 1.73. The summed E-state index contributed by atoms with van der Waals surface area (Å²) in [6.07, 6.45) is 2.46. The molecule has 1 aromatic rings. The van der Waals surface area contributed by atoms with E-state index in [1.54, 1.807) is 11.9 Å². The zero-order chi connectivity index (χ0) is 13.8. The van der Waals surface area contributed by atoms with Crippen molar-refractivity contribution < 1.29 is 14.0 Å². The third-order valence-corrected chi connectivity index (χ3v) is 3.30. The lowest BCUT2D eigenvalue weighted by molar-refractivity contribution is -0.131. The van der Waals surface area contributed by atoms with Crippen LogP contribution in [0, 0.1) is 5.82 Å². The fraction of sp³-hybridized carbons (Fsp3) is 0.429. The maximum Gasteiger partial charge on any atom is 0.252 e. The smallest absolute Gasteiger partial charge is 0.252 e. The first-order chi connectivity index (χ1) is 9.08. The van der Waals surface area contributed by atoms with Crippen LogP contribution in [0.3, 0.4) is 0 Å². The molecule has 2 amide bonds. The molecule has 1 N–H and O–H groups in total. The molecule has 19 heavy (non-hydrogen) atoms. The lowest BCUT2D eigenvalue weighted by Crippen LogP contribution is -2.46. The SMILES string of the molecule is CN1CCCCC(NC(=O)c2cccc(F)c2)C1=O. The number of nitrogens with one attached hydrogen (secondary N) is 1. The average molecular weight is 264 g/mol. The normalized spacial score (nSPS) is 20.0. The molecule has 2 rings (SSSR count). The molecule has 0 bridgehead atoms. The minimum atomic E-state index is -0.511. The fourth-order valence-corrected chi connectivity index (χ4v) is 2.20. The van der Waals surface area contributed by atoms with Crippen molar-refractivity contribution in [1.29, 1.82) is 0 Å². The van der Waals surface area contributed by atoms with Gasteiger partial charge in [0.1, 0.15) is 11.9 Å². The Morgan fingerprint density at radius 1 is 1.42 bits per heavy atom. The quantitative estimate of drug-likeness (QED) is 0.881. The van der Waals surface area contributed by atoms with E-state index in [1.807, 2.05) is 0 Å². The molecule has 102 valence electrons. The monoisotopic (exact) mass is 264 g/mol. The molecule has 0 spiro atoms. The molecule has 1 heterocycles. The second kappa shape index (κ2) is 5.82. The number of hydrogen-bond acceptors (Lipinski definition) is 2. The second-order valence-corrected chi connectivity index (χ2v) is 4.79. The molecule has 1 aliphatic heterocycles. The highest BCUT2D eigenvalue weighted by molar-refractivity contribution is 5.97. The standard InChI is InChI=1S/C14H17FN2O2/c1-17-8-3-2-7-12(14(17)19)16-13(18)10-5-4-6-11(15)9-10/h4-6,9,12H,2-3,7-8H2,1H3,(H,16,18). The number of hydrogen-bond donors (Lipinski definition) is 1. The van der Waals surface area contributed by atoms with Crippen molar-refractivity contribution in [1.82, 2.24) is 10.2 Å². The minimum Gasteiger partial charge on any atom is -0.344 e. The lowest BCUT2D eigenvalue weighted by atomic mass is 10.1. The van der Waals surface area contributed by atoms with Crippen LogP contribution in [0.15, 0.2) is 24.3 Å². The highest BCUT2D eigenvalue weighted by atomic mass is 19.1. The van der Waals surface area contributed by atoms with Crippen LogP contribution in [0.4, 0.5) is 4.39 Å². The van der Waals surface area contributed by atoms with Gasteiger partial charge in [0.05, 0.1) is 0 Å². The summed E-state index contributed by atoms with van der Waals surface area (Å²) in [6.45, 7) is 0.713. The van der Waals surface area contributed by atoms with Crippen LogP contribution in [-0.4, -0.2) is 36.3 Å². The number of likely N-dealkylation sites (tertiary alicyclic amines) is 1. The van der Waals surface area contributed by atoms with Crippen LogP contribution >= 0.6 is 0 Å². The summed E-state index contributed by atoms with van der Waals surface area (Å²) in [6, 6.07) is 4.94. The maximum absolute atomic E-state index is 13.1. The van der Waals surface area contributed by atoms with Gasteiger partial charge < -0.3 is 10.2 Å². The predicted molar refractivity (Wildman–Crippen MR) is 69.1 cm³/mol. The van der Waals surface area contributed by atoms with Gasteiger partial charge in [-0.2, -0.15) is 0 Å². The molecule has 0 saturated carbocycles. The van der Waals surface area contributed by atoms with E-state index >= 15 is 0 Å². The summed E-state index contributed by atoms with van der Waals surface area (Å²) in [5.74, 6) is -0.952. The Hall–Kier alpha value is -1.91. The number of carbonyl (C=O) groups excluding carboxylic acids is 2. The van der Waals surface area contributed by atoms with Gasteiger partial charge in [0.15, 0.2) is 0 Å². The molecule has 0 aliphatic carbocycles. The zero-order valence-corrected chi connectivity index (χ0v) is 10.9. The number of benzene rings is 1.